The summed E-state index contributed by atoms with van der Waals surface area (Å²) < 4.78 is 0. The molecule has 0 aromatic carbocycles. The zero-order valence-corrected chi connectivity index (χ0v) is 11.5. The fourth-order valence-corrected chi connectivity index (χ4v) is 2.63. The van der Waals surface area contributed by atoms with Gasteiger partial charge in [0.15, 0.2) is 0 Å². The van der Waals surface area contributed by atoms with E-state index in [0.29, 0.717) is 6.04 Å². The first kappa shape index (κ1) is 13.5. The minimum Gasteiger partial charge on any atom is -0.314 e. The topological polar surface area (TPSA) is 56.8 Å². The summed E-state index contributed by atoms with van der Waals surface area (Å²) in [6.07, 6.45) is 6.32. The number of aromatic nitrogens is 3. The monoisotopic (exact) mass is 251 g/mol. The molecule has 1 aliphatic heterocycles. The highest BCUT2D eigenvalue weighted by atomic mass is 15.2. The van der Waals surface area contributed by atoms with E-state index in [1.54, 1.807) is 6.33 Å². The van der Waals surface area contributed by atoms with Crippen LogP contribution in [0, 0.1) is 5.92 Å². The lowest BCUT2D eigenvalue weighted by molar-refractivity contribution is 0.190. The molecule has 0 spiro atoms. The van der Waals surface area contributed by atoms with Gasteiger partial charge in [-0.3, -0.25) is 5.10 Å². The lowest BCUT2D eigenvalue weighted by atomic mass is 9.90. The highest BCUT2D eigenvalue weighted by Gasteiger charge is 2.21. The Labute approximate surface area is 109 Å². The molecule has 1 unspecified atom stereocenters. The van der Waals surface area contributed by atoms with Crippen molar-refractivity contribution in [3.63, 3.8) is 0 Å². The van der Waals surface area contributed by atoms with E-state index >= 15 is 0 Å². The second kappa shape index (κ2) is 6.85. The van der Waals surface area contributed by atoms with Crippen LogP contribution >= 0.6 is 0 Å². The van der Waals surface area contributed by atoms with Crippen LogP contribution in [0.15, 0.2) is 6.33 Å². The molecule has 5 heteroatoms. The fraction of sp³-hybridized carbons (Fsp3) is 0.846. The number of H-pyrrole nitrogens is 1. The number of piperidine rings is 1. The van der Waals surface area contributed by atoms with E-state index in [4.69, 9.17) is 0 Å². The Morgan fingerprint density at radius 3 is 2.94 bits per heavy atom. The van der Waals surface area contributed by atoms with Gasteiger partial charge >= 0.3 is 0 Å². The molecule has 0 bridgehead atoms. The van der Waals surface area contributed by atoms with Crippen LogP contribution in [0.1, 0.15) is 32.0 Å². The number of aromatic amines is 1. The molecule has 18 heavy (non-hydrogen) atoms. The molecule has 0 saturated carbocycles. The second-order valence-electron chi connectivity index (χ2n) is 5.42. The molecule has 2 N–H and O–H groups in total. The Morgan fingerprint density at radius 1 is 1.50 bits per heavy atom. The molecule has 1 aromatic heterocycles. The Balaban J connectivity index is 1.58. The van der Waals surface area contributed by atoms with Crippen LogP contribution in [0.2, 0.25) is 0 Å². The first-order chi connectivity index (χ1) is 8.75. The molecule has 1 saturated heterocycles. The molecule has 1 atom stereocenters. The minimum atomic E-state index is 0.633. The highest BCUT2D eigenvalue weighted by molar-refractivity contribution is 4.81. The van der Waals surface area contributed by atoms with Gasteiger partial charge < -0.3 is 10.2 Å². The molecule has 0 radical (unpaired) electrons. The summed E-state index contributed by atoms with van der Waals surface area (Å²) in [6.45, 7) is 5.88. The van der Waals surface area contributed by atoms with E-state index in [9.17, 15) is 0 Å². The Morgan fingerprint density at radius 2 is 2.28 bits per heavy atom. The van der Waals surface area contributed by atoms with Gasteiger partial charge in [0.2, 0.25) is 0 Å². The molecular weight excluding hydrogens is 226 g/mol. The Bertz CT molecular complexity index is 316. The fourth-order valence-electron chi connectivity index (χ4n) is 2.63. The summed E-state index contributed by atoms with van der Waals surface area (Å²) in [6, 6.07) is 0.633. The molecular formula is C13H25N5. The van der Waals surface area contributed by atoms with Crippen molar-refractivity contribution in [2.75, 3.05) is 26.7 Å². The van der Waals surface area contributed by atoms with E-state index in [1.807, 2.05) is 0 Å². The number of hydrogen-bond acceptors (Lipinski definition) is 4. The van der Waals surface area contributed by atoms with Crippen molar-refractivity contribution in [3.8, 4) is 0 Å². The van der Waals surface area contributed by atoms with Crippen molar-refractivity contribution < 1.29 is 0 Å². The molecule has 1 aliphatic rings. The maximum Gasteiger partial charge on any atom is 0.137 e. The third-order valence-electron chi connectivity index (χ3n) is 3.99. The number of hydrogen-bond donors (Lipinski definition) is 2. The van der Waals surface area contributed by atoms with Gasteiger partial charge in [0.25, 0.3) is 0 Å². The molecule has 102 valence electrons. The molecule has 0 amide bonds. The van der Waals surface area contributed by atoms with Gasteiger partial charge in [0.05, 0.1) is 0 Å². The highest BCUT2D eigenvalue weighted by Crippen LogP contribution is 2.19. The number of nitrogens with zero attached hydrogens (tertiary/aromatic N) is 3. The third kappa shape index (κ3) is 4.07. The zero-order chi connectivity index (χ0) is 12.8. The maximum atomic E-state index is 4.13. The number of nitrogens with one attached hydrogen (secondary N) is 2. The molecule has 5 nitrogen and oxygen atoms in total. The second-order valence-corrected chi connectivity index (χ2v) is 5.42. The predicted molar refractivity (Wildman–Crippen MR) is 72.4 cm³/mol. The van der Waals surface area contributed by atoms with Crippen LogP contribution in [0.25, 0.3) is 0 Å². The van der Waals surface area contributed by atoms with E-state index in [2.05, 4.69) is 39.4 Å². The smallest absolute Gasteiger partial charge is 0.137 e. The van der Waals surface area contributed by atoms with E-state index in [0.717, 1.165) is 31.1 Å². The lowest BCUT2D eigenvalue weighted by Crippen LogP contribution is -2.41. The van der Waals surface area contributed by atoms with Crippen molar-refractivity contribution in [3.05, 3.63) is 12.2 Å². The Kier molecular flexibility index (Phi) is 5.13. The largest absolute Gasteiger partial charge is 0.314 e. The van der Waals surface area contributed by atoms with Crippen molar-refractivity contribution in [2.45, 2.75) is 38.6 Å². The standard InChI is InChI=1S/C13H25N5/c1-11(12-5-8-18(2)9-6-12)14-7-3-4-13-15-10-16-17-13/h10-12,14H,3-9H2,1-2H3,(H,15,16,17). The minimum absolute atomic E-state index is 0.633. The van der Waals surface area contributed by atoms with Gasteiger partial charge in [-0.2, -0.15) is 5.10 Å². The van der Waals surface area contributed by atoms with Crippen LogP contribution < -0.4 is 5.32 Å². The van der Waals surface area contributed by atoms with Gasteiger partial charge in [0.1, 0.15) is 12.2 Å². The van der Waals surface area contributed by atoms with E-state index in [1.165, 1.54) is 25.9 Å². The summed E-state index contributed by atoms with van der Waals surface area (Å²) in [5, 5.41) is 10.4. The predicted octanol–water partition coefficient (Wildman–Crippen LogP) is 1.06. The molecule has 1 fully saturated rings. The number of aryl methyl sites for hydroxylation is 1. The van der Waals surface area contributed by atoms with Gasteiger partial charge in [-0.1, -0.05) is 0 Å². The molecule has 0 aliphatic carbocycles. The quantitative estimate of drug-likeness (QED) is 0.742. The summed E-state index contributed by atoms with van der Waals surface area (Å²) in [5.41, 5.74) is 0. The normalized spacial score (nSPS) is 20.1. The van der Waals surface area contributed by atoms with Crippen molar-refractivity contribution in [1.82, 2.24) is 25.4 Å². The summed E-state index contributed by atoms with van der Waals surface area (Å²) in [5.74, 6) is 1.83. The van der Waals surface area contributed by atoms with Crippen LogP contribution in [-0.2, 0) is 6.42 Å². The number of likely N-dealkylation sites (tertiary alicyclic amines) is 1. The Hall–Kier alpha value is -0.940. The number of rotatable bonds is 6. The molecule has 1 aromatic rings. The van der Waals surface area contributed by atoms with Gasteiger partial charge in [-0.05, 0) is 58.8 Å². The average molecular weight is 251 g/mol. The van der Waals surface area contributed by atoms with Crippen molar-refractivity contribution >= 4 is 0 Å². The summed E-state index contributed by atoms with van der Waals surface area (Å²) in [4.78, 5) is 6.55. The van der Waals surface area contributed by atoms with Crippen molar-refractivity contribution in [2.24, 2.45) is 5.92 Å². The van der Waals surface area contributed by atoms with Crippen LogP contribution in [0.3, 0.4) is 0 Å². The van der Waals surface area contributed by atoms with Gasteiger partial charge in [-0.25, -0.2) is 4.98 Å². The van der Waals surface area contributed by atoms with Crippen molar-refractivity contribution in [1.29, 1.82) is 0 Å². The van der Waals surface area contributed by atoms with Gasteiger partial charge in [0, 0.05) is 12.5 Å². The first-order valence-electron chi connectivity index (χ1n) is 7.02. The molecule has 2 heterocycles. The van der Waals surface area contributed by atoms with Crippen LogP contribution in [0.5, 0.6) is 0 Å². The van der Waals surface area contributed by atoms with Gasteiger partial charge in [-0.15, -0.1) is 0 Å². The third-order valence-corrected chi connectivity index (χ3v) is 3.99. The lowest BCUT2D eigenvalue weighted by Gasteiger charge is -2.33. The zero-order valence-electron chi connectivity index (χ0n) is 11.5. The van der Waals surface area contributed by atoms with Crippen LogP contribution in [0.4, 0.5) is 0 Å². The van der Waals surface area contributed by atoms with Crippen LogP contribution in [-0.4, -0.2) is 52.8 Å². The first-order valence-corrected chi connectivity index (χ1v) is 7.02. The average Bonchev–Trinajstić information content (AvgIpc) is 2.88. The van der Waals surface area contributed by atoms with E-state index in [-0.39, 0.29) is 0 Å². The summed E-state index contributed by atoms with van der Waals surface area (Å²) in [7, 11) is 2.21. The summed E-state index contributed by atoms with van der Waals surface area (Å²) >= 11 is 0. The SMILES string of the molecule is CC(NCCCc1ncn[nH]1)C1CCN(C)CC1. The maximum absolute atomic E-state index is 4.13. The molecule has 2 rings (SSSR count). The van der Waals surface area contributed by atoms with E-state index < -0.39 is 0 Å².